The van der Waals surface area contributed by atoms with Crippen LogP contribution < -0.4 is 4.74 Å². The van der Waals surface area contributed by atoms with Gasteiger partial charge in [0.05, 0.1) is 7.11 Å². The van der Waals surface area contributed by atoms with E-state index in [-0.39, 0.29) is 0 Å². The highest BCUT2D eigenvalue weighted by atomic mass is 16.5. The number of nitrogens with zero attached hydrogens (tertiary/aromatic N) is 1. The Bertz CT molecular complexity index is 445. The van der Waals surface area contributed by atoms with Crippen LogP contribution in [0.2, 0.25) is 0 Å². The van der Waals surface area contributed by atoms with Gasteiger partial charge in [0, 0.05) is 11.9 Å². The summed E-state index contributed by atoms with van der Waals surface area (Å²) in [5.74, 6) is 0.894. The van der Waals surface area contributed by atoms with Crippen molar-refractivity contribution in [2.45, 2.75) is 13.3 Å². The smallest absolute Gasteiger partial charge is 0.118 e. The lowest BCUT2D eigenvalue weighted by atomic mass is 10.1. The molecule has 0 N–H and O–H groups in total. The van der Waals surface area contributed by atoms with Gasteiger partial charge in [0.25, 0.3) is 0 Å². The first kappa shape index (κ1) is 10.7. The zero-order chi connectivity index (χ0) is 11.4. The second kappa shape index (κ2) is 4.79. The van der Waals surface area contributed by atoms with Crippen LogP contribution in [-0.2, 0) is 6.42 Å². The van der Waals surface area contributed by atoms with E-state index < -0.39 is 0 Å². The first-order chi connectivity index (χ1) is 7.78. The number of aryl methyl sites for hydroxylation is 1. The Kier molecular flexibility index (Phi) is 3.20. The number of benzene rings is 1. The van der Waals surface area contributed by atoms with Gasteiger partial charge < -0.3 is 4.74 Å². The maximum Gasteiger partial charge on any atom is 0.118 e. The Balaban J connectivity index is 2.11. The molecule has 0 aliphatic rings. The molecule has 1 aromatic heterocycles. The Morgan fingerprint density at radius 1 is 1.00 bits per heavy atom. The SMILES string of the molecule is COc1ccc(Cc2ccc(C)nc2)cc1. The summed E-state index contributed by atoms with van der Waals surface area (Å²) in [4.78, 5) is 4.28. The van der Waals surface area contributed by atoms with Crippen LogP contribution in [0.5, 0.6) is 5.75 Å². The normalized spacial score (nSPS) is 10.1. The van der Waals surface area contributed by atoms with Gasteiger partial charge >= 0.3 is 0 Å². The Labute approximate surface area is 95.9 Å². The summed E-state index contributed by atoms with van der Waals surface area (Å²) in [6, 6.07) is 12.3. The minimum Gasteiger partial charge on any atom is -0.497 e. The second-order valence-corrected chi connectivity index (χ2v) is 3.83. The largest absolute Gasteiger partial charge is 0.497 e. The lowest BCUT2D eigenvalue weighted by molar-refractivity contribution is 0.414. The summed E-state index contributed by atoms with van der Waals surface area (Å²) in [5.41, 5.74) is 3.56. The van der Waals surface area contributed by atoms with Crippen LogP contribution in [0.4, 0.5) is 0 Å². The molecule has 1 aromatic carbocycles. The maximum absolute atomic E-state index is 5.12. The van der Waals surface area contributed by atoms with E-state index in [1.165, 1.54) is 11.1 Å². The van der Waals surface area contributed by atoms with E-state index in [0.717, 1.165) is 17.9 Å². The average molecular weight is 213 g/mol. The molecule has 2 aromatic rings. The monoisotopic (exact) mass is 213 g/mol. The minimum atomic E-state index is 0.894. The van der Waals surface area contributed by atoms with Crippen molar-refractivity contribution >= 4 is 0 Å². The summed E-state index contributed by atoms with van der Waals surface area (Å²) in [7, 11) is 1.68. The molecular weight excluding hydrogens is 198 g/mol. The molecule has 0 unspecified atom stereocenters. The number of methoxy groups -OCH3 is 1. The summed E-state index contributed by atoms with van der Waals surface area (Å²) in [6.45, 7) is 2.00. The van der Waals surface area contributed by atoms with Crippen molar-refractivity contribution in [3.05, 3.63) is 59.4 Å². The molecule has 2 nitrogen and oxygen atoms in total. The third-order valence-corrected chi connectivity index (χ3v) is 2.54. The Morgan fingerprint density at radius 3 is 2.25 bits per heavy atom. The van der Waals surface area contributed by atoms with Crippen molar-refractivity contribution < 1.29 is 4.74 Å². The molecule has 0 bridgehead atoms. The van der Waals surface area contributed by atoms with Crippen LogP contribution in [0.3, 0.4) is 0 Å². The molecule has 2 heteroatoms. The third kappa shape index (κ3) is 2.60. The molecule has 0 fully saturated rings. The number of hydrogen-bond acceptors (Lipinski definition) is 2. The number of rotatable bonds is 3. The highest BCUT2D eigenvalue weighted by molar-refractivity contribution is 5.30. The molecule has 0 amide bonds. The van der Waals surface area contributed by atoms with E-state index in [0.29, 0.717) is 0 Å². The summed E-state index contributed by atoms with van der Waals surface area (Å²) < 4.78 is 5.12. The van der Waals surface area contributed by atoms with E-state index >= 15 is 0 Å². The second-order valence-electron chi connectivity index (χ2n) is 3.83. The van der Waals surface area contributed by atoms with Gasteiger partial charge in [-0.15, -0.1) is 0 Å². The number of hydrogen-bond donors (Lipinski definition) is 0. The number of aromatic nitrogens is 1. The molecule has 0 saturated heterocycles. The molecule has 82 valence electrons. The molecule has 0 atom stereocenters. The van der Waals surface area contributed by atoms with Gasteiger partial charge in [-0.3, -0.25) is 4.98 Å². The van der Waals surface area contributed by atoms with Crippen molar-refractivity contribution in [3.8, 4) is 5.75 Å². The lowest BCUT2D eigenvalue weighted by Crippen LogP contribution is -1.90. The van der Waals surface area contributed by atoms with E-state index in [4.69, 9.17) is 4.74 Å². The topological polar surface area (TPSA) is 22.1 Å². The van der Waals surface area contributed by atoms with Crippen LogP contribution in [0, 0.1) is 6.92 Å². The highest BCUT2D eigenvalue weighted by Gasteiger charge is 1.97. The quantitative estimate of drug-likeness (QED) is 0.782. The molecule has 0 aliphatic heterocycles. The van der Waals surface area contributed by atoms with Crippen molar-refractivity contribution in [1.29, 1.82) is 0 Å². The summed E-state index contributed by atoms with van der Waals surface area (Å²) in [5, 5.41) is 0. The van der Waals surface area contributed by atoms with Gasteiger partial charge in [-0.05, 0) is 42.7 Å². The highest BCUT2D eigenvalue weighted by Crippen LogP contribution is 2.14. The van der Waals surface area contributed by atoms with Gasteiger partial charge in [-0.1, -0.05) is 18.2 Å². The molecule has 2 rings (SSSR count). The van der Waals surface area contributed by atoms with Crippen LogP contribution in [0.25, 0.3) is 0 Å². The van der Waals surface area contributed by atoms with Crippen LogP contribution in [0.1, 0.15) is 16.8 Å². The van der Waals surface area contributed by atoms with Gasteiger partial charge in [-0.25, -0.2) is 0 Å². The fraction of sp³-hybridized carbons (Fsp3) is 0.214. The van der Waals surface area contributed by atoms with Crippen molar-refractivity contribution in [2.24, 2.45) is 0 Å². The molecule has 16 heavy (non-hydrogen) atoms. The predicted octanol–water partition coefficient (Wildman–Crippen LogP) is 2.99. The van der Waals surface area contributed by atoms with E-state index in [9.17, 15) is 0 Å². The molecule has 0 spiro atoms. The standard InChI is InChI=1S/C14H15NO/c1-11-3-4-13(10-15-11)9-12-5-7-14(16-2)8-6-12/h3-8,10H,9H2,1-2H3. The van der Waals surface area contributed by atoms with Crippen LogP contribution >= 0.6 is 0 Å². The molecule has 1 heterocycles. The Hall–Kier alpha value is -1.83. The van der Waals surface area contributed by atoms with E-state index in [1.807, 2.05) is 31.3 Å². The van der Waals surface area contributed by atoms with Gasteiger partial charge in [-0.2, -0.15) is 0 Å². The molecule has 0 radical (unpaired) electrons. The summed E-state index contributed by atoms with van der Waals surface area (Å²) >= 11 is 0. The zero-order valence-electron chi connectivity index (χ0n) is 9.60. The van der Waals surface area contributed by atoms with E-state index in [2.05, 4.69) is 23.2 Å². The van der Waals surface area contributed by atoms with Crippen molar-refractivity contribution in [2.75, 3.05) is 7.11 Å². The Morgan fingerprint density at radius 2 is 1.69 bits per heavy atom. The lowest BCUT2D eigenvalue weighted by Gasteiger charge is -2.03. The van der Waals surface area contributed by atoms with Gasteiger partial charge in [0.2, 0.25) is 0 Å². The fourth-order valence-electron chi connectivity index (χ4n) is 1.58. The average Bonchev–Trinajstić information content (AvgIpc) is 2.33. The minimum absolute atomic E-state index is 0.894. The van der Waals surface area contributed by atoms with Crippen LogP contribution in [-0.4, -0.2) is 12.1 Å². The molecule has 0 saturated carbocycles. The first-order valence-electron chi connectivity index (χ1n) is 5.32. The fourth-order valence-corrected chi connectivity index (χ4v) is 1.58. The third-order valence-electron chi connectivity index (χ3n) is 2.54. The number of ether oxygens (including phenoxy) is 1. The predicted molar refractivity (Wildman–Crippen MR) is 64.8 cm³/mol. The maximum atomic E-state index is 5.12. The number of pyridine rings is 1. The first-order valence-corrected chi connectivity index (χ1v) is 5.32. The van der Waals surface area contributed by atoms with Gasteiger partial charge in [0.15, 0.2) is 0 Å². The van der Waals surface area contributed by atoms with Gasteiger partial charge in [0.1, 0.15) is 5.75 Å². The zero-order valence-corrected chi connectivity index (χ0v) is 9.60. The summed E-state index contributed by atoms with van der Waals surface area (Å²) in [6.07, 6.45) is 2.84. The van der Waals surface area contributed by atoms with E-state index in [1.54, 1.807) is 7.11 Å². The molecular formula is C14H15NO. The van der Waals surface area contributed by atoms with Crippen molar-refractivity contribution in [3.63, 3.8) is 0 Å². The van der Waals surface area contributed by atoms with Crippen molar-refractivity contribution in [1.82, 2.24) is 4.98 Å². The molecule has 0 aliphatic carbocycles. The van der Waals surface area contributed by atoms with Crippen LogP contribution in [0.15, 0.2) is 42.6 Å².